The Balaban J connectivity index is 1.75. The van der Waals surface area contributed by atoms with Crippen molar-refractivity contribution in [2.75, 3.05) is 19.5 Å². The number of fused-ring (bicyclic) bond motifs is 1. The molecule has 1 aromatic heterocycles. The van der Waals surface area contributed by atoms with Crippen LogP contribution in [-0.2, 0) is 17.6 Å². The highest BCUT2D eigenvalue weighted by atomic mass is 32.2. The van der Waals surface area contributed by atoms with E-state index in [0.717, 1.165) is 11.1 Å². The Hall–Kier alpha value is -3.26. The first-order valence-electron chi connectivity index (χ1n) is 9.81. The van der Waals surface area contributed by atoms with E-state index in [1.807, 2.05) is 43.4 Å². The molecular formula is C23H23N3O4S. The SMILES string of the molecule is COc1ccc([C@@H]2CC(=O)Nc3c2c(=O)nc(SCc2ccccc2)n3C)c(OC)c1. The van der Waals surface area contributed by atoms with E-state index >= 15 is 0 Å². The van der Waals surface area contributed by atoms with Crippen LogP contribution in [0.2, 0.25) is 0 Å². The quantitative estimate of drug-likeness (QED) is 0.469. The van der Waals surface area contributed by atoms with E-state index in [-0.39, 0.29) is 17.9 Å². The van der Waals surface area contributed by atoms with Crippen LogP contribution in [0.5, 0.6) is 11.5 Å². The molecule has 1 aliphatic heterocycles. The summed E-state index contributed by atoms with van der Waals surface area (Å²) in [5, 5.41) is 3.42. The van der Waals surface area contributed by atoms with Gasteiger partial charge in [-0.15, -0.1) is 0 Å². The lowest BCUT2D eigenvalue weighted by atomic mass is 9.86. The first kappa shape index (κ1) is 21.0. The number of hydrogen-bond acceptors (Lipinski definition) is 6. The molecule has 160 valence electrons. The fourth-order valence-corrected chi connectivity index (χ4v) is 4.68. The predicted molar refractivity (Wildman–Crippen MR) is 120 cm³/mol. The molecule has 0 radical (unpaired) electrons. The summed E-state index contributed by atoms with van der Waals surface area (Å²) in [6, 6.07) is 15.3. The third-order valence-corrected chi connectivity index (χ3v) is 6.43. The third kappa shape index (κ3) is 4.16. The lowest BCUT2D eigenvalue weighted by Crippen LogP contribution is -2.33. The largest absolute Gasteiger partial charge is 0.497 e. The van der Waals surface area contributed by atoms with E-state index in [1.165, 1.54) is 11.8 Å². The van der Waals surface area contributed by atoms with Crippen molar-refractivity contribution >= 4 is 23.5 Å². The van der Waals surface area contributed by atoms with Gasteiger partial charge < -0.3 is 19.4 Å². The molecule has 0 spiro atoms. The van der Waals surface area contributed by atoms with Gasteiger partial charge in [0.2, 0.25) is 5.91 Å². The number of amides is 1. The molecule has 8 heteroatoms. The van der Waals surface area contributed by atoms with Gasteiger partial charge in [0.15, 0.2) is 5.16 Å². The van der Waals surface area contributed by atoms with Gasteiger partial charge in [-0.2, -0.15) is 4.98 Å². The maximum Gasteiger partial charge on any atom is 0.279 e. The number of anilines is 1. The zero-order chi connectivity index (χ0) is 22.0. The predicted octanol–water partition coefficient (Wildman–Crippen LogP) is 3.56. The van der Waals surface area contributed by atoms with Crippen LogP contribution in [0.3, 0.4) is 0 Å². The van der Waals surface area contributed by atoms with E-state index in [2.05, 4.69) is 10.3 Å². The zero-order valence-corrected chi connectivity index (χ0v) is 18.4. The summed E-state index contributed by atoms with van der Waals surface area (Å²) in [4.78, 5) is 30.0. The average molecular weight is 438 g/mol. The second-order valence-electron chi connectivity index (χ2n) is 7.21. The normalized spacial score (nSPS) is 15.2. The maximum absolute atomic E-state index is 13.1. The molecule has 3 aromatic rings. The Morgan fingerprint density at radius 2 is 1.90 bits per heavy atom. The number of aromatic nitrogens is 2. The molecule has 4 rings (SSSR count). The van der Waals surface area contributed by atoms with Crippen LogP contribution in [-0.4, -0.2) is 29.7 Å². The summed E-state index contributed by atoms with van der Waals surface area (Å²) >= 11 is 1.46. The van der Waals surface area contributed by atoms with Gasteiger partial charge in [-0.05, 0) is 11.6 Å². The highest BCUT2D eigenvalue weighted by Crippen LogP contribution is 2.40. The molecule has 1 amide bonds. The highest BCUT2D eigenvalue weighted by Gasteiger charge is 2.33. The van der Waals surface area contributed by atoms with Crippen LogP contribution < -0.4 is 20.3 Å². The molecule has 0 aliphatic carbocycles. The van der Waals surface area contributed by atoms with Gasteiger partial charge in [0.1, 0.15) is 17.3 Å². The van der Waals surface area contributed by atoms with Gasteiger partial charge >= 0.3 is 0 Å². The first-order valence-corrected chi connectivity index (χ1v) is 10.8. The molecule has 1 aliphatic rings. The fraction of sp³-hybridized carbons (Fsp3) is 0.261. The number of hydrogen-bond donors (Lipinski definition) is 1. The topological polar surface area (TPSA) is 82.5 Å². The number of carbonyl (C=O) groups excluding carboxylic acids is 1. The standard InChI is InChI=1S/C23H23N3O4S/c1-26-21-20(22(28)25-23(26)31-13-14-7-5-4-6-8-14)17(12-19(27)24-21)16-10-9-15(29-2)11-18(16)30-3/h4-11,17H,12-13H2,1-3H3,(H,24,27)/t17-/m0/s1. The van der Waals surface area contributed by atoms with E-state index in [4.69, 9.17) is 9.47 Å². The van der Waals surface area contributed by atoms with Crippen molar-refractivity contribution in [2.24, 2.45) is 7.05 Å². The Labute approximate surface area is 184 Å². The molecule has 0 saturated carbocycles. The van der Waals surface area contributed by atoms with Crippen molar-refractivity contribution in [1.82, 2.24) is 9.55 Å². The Morgan fingerprint density at radius 3 is 2.61 bits per heavy atom. The molecule has 7 nitrogen and oxygen atoms in total. The summed E-state index contributed by atoms with van der Waals surface area (Å²) < 4.78 is 12.6. The van der Waals surface area contributed by atoms with Gasteiger partial charge in [-0.1, -0.05) is 48.2 Å². The summed E-state index contributed by atoms with van der Waals surface area (Å²) in [7, 11) is 4.94. The molecule has 0 saturated heterocycles. The van der Waals surface area contributed by atoms with Crippen molar-refractivity contribution in [1.29, 1.82) is 0 Å². The van der Waals surface area contributed by atoms with Gasteiger partial charge in [0.05, 0.1) is 19.8 Å². The number of nitrogens with one attached hydrogen (secondary N) is 1. The summed E-state index contributed by atoms with van der Waals surface area (Å²) in [5.74, 6) is 1.74. The van der Waals surface area contributed by atoms with Gasteiger partial charge in [-0.3, -0.25) is 9.59 Å². The molecule has 1 atom stereocenters. The smallest absolute Gasteiger partial charge is 0.279 e. The number of thioether (sulfide) groups is 1. The Morgan fingerprint density at radius 1 is 1.13 bits per heavy atom. The number of nitrogens with zero attached hydrogens (tertiary/aromatic N) is 2. The third-order valence-electron chi connectivity index (χ3n) is 5.33. The first-order chi connectivity index (χ1) is 15.0. The van der Waals surface area contributed by atoms with Crippen LogP contribution in [0, 0.1) is 0 Å². The van der Waals surface area contributed by atoms with Crippen LogP contribution in [0.15, 0.2) is 58.5 Å². The minimum absolute atomic E-state index is 0.142. The molecule has 0 fully saturated rings. The van der Waals surface area contributed by atoms with Gasteiger partial charge in [0, 0.05) is 36.8 Å². The van der Waals surface area contributed by atoms with Gasteiger partial charge in [-0.25, -0.2) is 0 Å². The second kappa shape index (κ2) is 8.85. The van der Waals surface area contributed by atoms with Crippen molar-refractivity contribution in [2.45, 2.75) is 23.2 Å². The van der Waals surface area contributed by atoms with Gasteiger partial charge in [0.25, 0.3) is 5.56 Å². The zero-order valence-electron chi connectivity index (χ0n) is 17.5. The summed E-state index contributed by atoms with van der Waals surface area (Å²) in [6.07, 6.45) is 0.142. The lowest BCUT2D eigenvalue weighted by molar-refractivity contribution is -0.116. The van der Waals surface area contributed by atoms with Crippen molar-refractivity contribution in [3.05, 3.63) is 75.6 Å². The Kier molecular flexibility index (Phi) is 5.99. The van der Waals surface area contributed by atoms with E-state index in [1.54, 1.807) is 30.9 Å². The average Bonchev–Trinajstić information content (AvgIpc) is 2.80. The van der Waals surface area contributed by atoms with Crippen LogP contribution in [0.4, 0.5) is 5.82 Å². The molecular weight excluding hydrogens is 414 g/mol. The van der Waals surface area contributed by atoms with Crippen molar-refractivity contribution in [3.8, 4) is 11.5 Å². The number of rotatable bonds is 6. The number of benzene rings is 2. The molecule has 0 unspecified atom stereocenters. The minimum atomic E-state index is -0.455. The molecule has 2 aromatic carbocycles. The molecule has 1 N–H and O–H groups in total. The van der Waals surface area contributed by atoms with E-state index < -0.39 is 5.92 Å². The number of carbonyl (C=O) groups is 1. The van der Waals surface area contributed by atoms with E-state index in [9.17, 15) is 9.59 Å². The van der Waals surface area contributed by atoms with E-state index in [0.29, 0.717) is 33.8 Å². The van der Waals surface area contributed by atoms with Crippen LogP contribution in [0.1, 0.15) is 29.0 Å². The Bertz CT molecular complexity index is 1180. The molecule has 0 bridgehead atoms. The monoisotopic (exact) mass is 437 g/mol. The minimum Gasteiger partial charge on any atom is -0.497 e. The van der Waals surface area contributed by atoms with Crippen molar-refractivity contribution < 1.29 is 14.3 Å². The number of ether oxygens (including phenoxy) is 2. The maximum atomic E-state index is 13.1. The van der Waals surface area contributed by atoms with Crippen molar-refractivity contribution in [3.63, 3.8) is 0 Å². The van der Waals surface area contributed by atoms with Crippen LogP contribution in [0.25, 0.3) is 0 Å². The lowest BCUT2D eigenvalue weighted by Gasteiger charge is -2.28. The second-order valence-corrected chi connectivity index (χ2v) is 8.15. The highest BCUT2D eigenvalue weighted by molar-refractivity contribution is 7.98. The number of methoxy groups -OCH3 is 2. The summed E-state index contributed by atoms with van der Waals surface area (Å²) in [6.45, 7) is 0. The van der Waals surface area contributed by atoms with Crippen LogP contribution >= 0.6 is 11.8 Å². The summed E-state index contributed by atoms with van der Waals surface area (Å²) in [5.41, 5.74) is 2.01. The molecule has 2 heterocycles. The fourth-order valence-electron chi connectivity index (χ4n) is 3.76. The molecule has 31 heavy (non-hydrogen) atoms.